The number of carboxylic acids is 1. The summed E-state index contributed by atoms with van der Waals surface area (Å²) in [4.78, 5) is 36.3. The number of ether oxygens (including phenoxy) is 2. The number of nitrogens with zero attached hydrogens (tertiary/aromatic N) is 2. The van der Waals surface area contributed by atoms with Gasteiger partial charge in [0.15, 0.2) is 17.6 Å². The van der Waals surface area contributed by atoms with Gasteiger partial charge in [0, 0.05) is 35.7 Å². The number of aliphatic hydroxyl groups is 5. The van der Waals surface area contributed by atoms with Crippen molar-refractivity contribution in [1.82, 2.24) is 9.97 Å². The van der Waals surface area contributed by atoms with Crippen molar-refractivity contribution in [1.29, 1.82) is 0 Å². The smallest absolute Gasteiger partial charge is 0.355 e. The van der Waals surface area contributed by atoms with Gasteiger partial charge in [0.1, 0.15) is 30.1 Å². The average Bonchev–Trinajstić information content (AvgIpc) is 3.95. The first-order chi connectivity index (χ1) is 27.3. The van der Waals surface area contributed by atoms with Gasteiger partial charge in [-0.1, -0.05) is 56.2 Å². The first-order valence-electron chi connectivity index (χ1n) is 19.0. The lowest BCUT2D eigenvalue weighted by atomic mass is 9.70. The Morgan fingerprint density at radius 1 is 1.02 bits per heavy atom. The number of phenolic OH excluding ortho intramolecular Hbond substituents is 2. The van der Waals surface area contributed by atoms with Crippen LogP contribution in [-0.2, 0) is 32.6 Å². The van der Waals surface area contributed by atoms with E-state index >= 15 is 0 Å². The zero-order chi connectivity index (χ0) is 40.6. The second-order valence-electron chi connectivity index (χ2n) is 15.1. The van der Waals surface area contributed by atoms with E-state index in [1.807, 2.05) is 37.3 Å². The molecule has 0 bridgehead atoms. The molecule has 1 saturated heterocycles. The van der Waals surface area contributed by atoms with Crippen LogP contribution in [0.1, 0.15) is 78.6 Å². The van der Waals surface area contributed by atoms with Gasteiger partial charge in [-0.25, -0.2) is 9.78 Å². The van der Waals surface area contributed by atoms with Crippen LogP contribution in [0.5, 0.6) is 17.2 Å². The first kappa shape index (κ1) is 39.9. The van der Waals surface area contributed by atoms with Crippen molar-refractivity contribution in [2.75, 3.05) is 11.5 Å². The molecular weight excluding hydrogens is 738 g/mol. The standard InChI is InChI=1S/C42H47N3O12/c1-2-28-29(44-22-43-28)17-24-16-23(10-12-31(24)47)11-13-35(49)45-30-19-33(56-42(55)39(52)38(51)37(50)34(21-46)57-42)32(48)18-26(30)27(36(45)40(53)54)20-41(14-6-7-15-41)25-8-4-3-5-9-25/h3-5,8-13,16,18-19,22,27,34,36-39,46-48,50-52,55H,2,6-7,14-15,17,20-21H2,1H3,(H,43,44)(H,53,54)/b13-11+/t27-,34+,36+,37+,38-,39+,42-/m0/s1. The number of hydrogen-bond donors (Lipinski definition) is 9. The number of aromatic amines is 1. The highest BCUT2D eigenvalue weighted by atomic mass is 16.8. The Morgan fingerprint density at radius 3 is 2.44 bits per heavy atom. The third-order valence-corrected chi connectivity index (χ3v) is 11.7. The van der Waals surface area contributed by atoms with Crippen LogP contribution in [0.3, 0.4) is 0 Å². The molecule has 7 atom stereocenters. The zero-order valence-corrected chi connectivity index (χ0v) is 31.2. The van der Waals surface area contributed by atoms with Gasteiger partial charge in [0.2, 0.25) is 0 Å². The molecule has 0 spiro atoms. The summed E-state index contributed by atoms with van der Waals surface area (Å²) >= 11 is 0. The molecule has 3 aromatic carbocycles. The average molecular weight is 786 g/mol. The number of H-pyrrole nitrogens is 1. The summed E-state index contributed by atoms with van der Waals surface area (Å²) in [7, 11) is 0. The molecule has 57 heavy (non-hydrogen) atoms. The first-order valence-corrected chi connectivity index (χ1v) is 19.0. The zero-order valence-electron chi connectivity index (χ0n) is 31.2. The lowest BCUT2D eigenvalue weighted by Gasteiger charge is -2.44. The Morgan fingerprint density at radius 2 is 1.75 bits per heavy atom. The van der Waals surface area contributed by atoms with Gasteiger partial charge in [0.05, 0.1) is 24.3 Å². The number of fused-ring (bicyclic) bond motifs is 1. The molecule has 3 heterocycles. The number of amides is 1. The number of aliphatic carboxylic acids is 1. The molecule has 2 aliphatic heterocycles. The van der Waals surface area contributed by atoms with Gasteiger partial charge in [-0.05, 0) is 72.1 Å². The monoisotopic (exact) mass is 785 g/mol. The number of aryl methyl sites for hydroxylation is 1. The number of imidazole rings is 1. The highest BCUT2D eigenvalue weighted by Crippen LogP contribution is 2.55. The van der Waals surface area contributed by atoms with Crippen LogP contribution in [0.2, 0.25) is 0 Å². The third-order valence-electron chi connectivity index (χ3n) is 11.7. The number of aromatic hydroxyl groups is 2. The molecule has 15 heteroatoms. The number of carboxylic acid groups (broad SMARTS) is 1. The van der Waals surface area contributed by atoms with Crippen LogP contribution in [0.15, 0.2) is 73.1 Å². The normalized spacial score (nSPS) is 26.8. The summed E-state index contributed by atoms with van der Waals surface area (Å²) in [5.74, 6) is -7.05. The van der Waals surface area contributed by atoms with Crippen molar-refractivity contribution in [2.24, 2.45) is 0 Å². The molecule has 1 aliphatic carbocycles. The van der Waals surface area contributed by atoms with Crippen LogP contribution in [0.4, 0.5) is 5.69 Å². The third kappa shape index (κ3) is 7.49. The lowest BCUT2D eigenvalue weighted by molar-refractivity contribution is -0.422. The molecule has 9 N–H and O–H groups in total. The summed E-state index contributed by atoms with van der Waals surface area (Å²) in [6.45, 7) is 1.09. The molecule has 3 aliphatic rings. The summed E-state index contributed by atoms with van der Waals surface area (Å²) in [5, 5.41) is 85.2. The molecule has 0 radical (unpaired) electrons. The Labute approximate surface area is 328 Å². The molecular formula is C42H47N3O12. The van der Waals surface area contributed by atoms with E-state index in [2.05, 4.69) is 9.97 Å². The minimum atomic E-state index is -3.09. The van der Waals surface area contributed by atoms with Crippen molar-refractivity contribution in [3.05, 3.63) is 107 Å². The Hall–Kier alpha value is -5.29. The van der Waals surface area contributed by atoms with E-state index < -0.39 is 77.7 Å². The van der Waals surface area contributed by atoms with Gasteiger partial charge in [0.25, 0.3) is 5.91 Å². The number of benzene rings is 3. The minimum Gasteiger partial charge on any atom is -0.508 e. The molecule has 15 nitrogen and oxygen atoms in total. The SMILES string of the molecule is CCc1nc[nH]c1Cc1cc(/C=C/C(=O)N2c3cc(O[C@]4(O)O[C@H](CO)[C@@H](O)[C@H](O)[C@H]4O)c(O)cc3[C@H](CC3(c4ccccc4)CCCC3)[C@@H]2C(=O)O)ccc1O. The van der Waals surface area contributed by atoms with E-state index in [0.29, 0.717) is 36.0 Å². The lowest BCUT2D eigenvalue weighted by Crippen LogP contribution is -2.67. The minimum absolute atomic E-state index is 0.0435. The highest BCUT2D eigenvalue weighted by molar-refractivity contribution is 6.10. The largest absolute Gasteiger partial charge is 0.508 e. The number of anilines is 1. The number of nitrogens with one attached hydrogen (secondary N) is 1. The number of carbonyl (C=O) groups excluding carboxylic acids is 1. The molecule has 2 fully saturated rings. The number of hydrogen-bond acceptors (Lipinski definition) is 12. The molecule has 302 valence electrons. The highest BCUT2D eigenvalue weighted by Gasteiger charge is 2.56. The topological polar surface area (TPSA) is 246 Å². The number of carbonyl (C=O) groups is 2. The van der Waals surface area contributed by atoms with E-state index in [1.165, 1.54) is 24.3 Å². The molecule has 1 aromatic heterocycles. The summed E-state index contributed by atoms with van der Waals surface area (Å²) in [5.41, 5.74) is 3.78. The number of aliphatic hydroxyl groups excluding tert-OH is 4. The van der Waals surface area contributed by atoms with Gasteiger partial charge >= 0.3 is 11.9 Å². The molecule has 7 rings (SSSR count). The molecule has 0 unspecified atom stereocenters. The van der Waals surface area contributed by atoms with Gasteiger partial charge in [-0.15, -0.1) is 0 Å². The van der Waals surface area contributed by atoms with Crippen molar-refractivity contribution in [3.63, 3.8) is 0 Å². The van der Waals surface area contributed by atoms with Crippen LogP contribution < -0.4 is 9.64 Å². The number of aromatic nitrogens is 2. The quantitative estimate of drug-likeness (QED) is 0.0742. The van der Waals surface area contributed by atoms with E-state index in [0.717, 1.165) is 53.6 Å². The van der Waals surface area contributed by atoms with E-state index in [1.54, 1.807) is 18.5 Å². The fourth-order valence-electron chi connectivity index (χ4n) is 8.76. The Balaban J connectivity index is 1.28. The van der Waals surface area contributed by atoms with E-state index in [-0.39, 0.29) is 11.4 Å². The van der Waals surface area contributed by atoms with E-state index in [9.17, 15) is 50.4 Å². The predicted molar refractivity (Wildman–Crippen MR) is 204 cm³/mol. The van der Waals surface area contributed by atoms with Crippen molar-refractivity contribution in [2.45, 2.75) is 99.6 Å². The van der Waals surface area contributed by atoms with Gasteiger partial charge in [-0.3, -0.25) is 9.69 Å². The second kappa shape index (κ2) is 15.9. The Bertz CT molecular complexity index is 2130. The maximum Gasteiger partial charge on any atom is 0.355 e. The predicted octanol–water partition coefficient (Wildman–Crippen LogP) is 2.97. The van der Waals surface area contributed by atoms with Crippen molar-refractivity contribution in [3.8, 4) is 17.2 Å². The summed E-state index contributed by atoms with van der Waals surface area (Å²) < 4.78 is 10.8. The maximum atomic E-state index is 14.4. The number of rotatable bonds is 12. The van der Waals surface area contributed by atoms with E-state index in [4.69, 9.17) is 9.47 Å². The van der Waals surface area contributed by atoms with Crippen LogP contribution in [-0.4, -0.2) is 106 Å². The van der Waals surface area contributed by atoms with Crippen LogP contribution in [0, 0.1) is 0 Å². The fourth-order valence-corrected chi connectivity index (χ4v) is 8.76. The summed E-state index contributed by atoms with van der Waals surface area (Å²) in [6.07, 6.45) is 1.34. The van der Waals surface area contributed by atoms with Gasteiger partial charge < -0.3 is 55.3 Å². The molecule has 1 saturated carbocycles. The second-order valence-corrected chi connectivity index (χ2v) is 15.1. The Kier molecular flexibility index (Phi) is 11.2. The fraction of sp³-hybridized carbons (Fsp3) is 0.405. The van der Waals surface area contributed by atoms with Crippen molar-refractivity contribution < 1.29 is 59.9 Å². The number of phenols is 2. The van der Waals surface area contributed by atoms with Gasteiger partial charge in [-0.2, -0.15) is 0 Å². The van der Waals surface area contributed by atoms with Crippen molar-refractivity contribution >= 4 is 23.6 Å². The van der Waals surface area contributed by atoms with Crippen LogP contribution >= 0.6 is 0 Å². The molecule has 4 aromatic rings. The van der Waals surface area contributed by atoms with Crippen LogP contribution in [0.25, 0.3) is 6.08 Å². The summed E-state index contributed by atoms with van der Waals surface area (Å²) in [6, 6.07) is 15.6. The maximum absolute atomic E-state index is 14.4. The molecule has 1 amide bonds.